The zero-order chi connectivity index (χ0) is 15.8. The van der Waals surface area contributed by atoms with E-state index >= 15 is 0 Å². The number of nitrogens with one attached hydrogen (secondary N) is 4. The highest BCUT2D eigenvalue weighted by molar-refractivity contribution is 5.93. The maximum absolute atomic E-state index is 12.0. The Hall–Kier alpha value is -1.79. The van der Waals surface area contributed by atoms with E-state index in [0.29, 0.717) is 23.7 Å². The Morgan fingerprint density at radius 1 is 1.17 bits per heavy atom. The lowest BCUT2D eigenvalue weighted by molar-refractivity contribution is -0.116. The molecular weight excluding hydrogens is 316 g/mol. The fraction of sp³-hybridized carbons (Fsp3) is 0.500. The maximum Gasteiger partial charge on any atom is 0.318 e. The van der Waals surface area contributed by atoms with Crippen LogP contribution in [0.2, 0.25) is 0 Å². The molecule has 23 heavy (non-hydrogen) atoms. The minimum atomic E-state index is -0.283. The smallest absolute Gasteiger partial charge is 0.318 e. The van der Waals surface area contributed by atoms with E-state index in [1.165, 1.54) is 0 Å². The molecule has 1 aromatic rings. The van der Waals surface area contributed by atoms with Gasteiger partial charge in [-0.25, -0.2) is 4.79 Å². The quantitative estimate of drug-likeness (QED) is 0.665. The Balaban J connectivity index is 0.00000264. The number of benzene rings is 1. The van der Waals surface area contributed by atoms with E-state index < -0.39 is 0 Å². The number of carbonyl (C=O) groups is 2. The predicted octanol–water partition coefficient (Wildman–Crippen LogP) is 2.58. The normalized spacial score (nSPS) is 14.5. The van der Waals surface area contributed by atoms with E-state index in [9.17, 15) is 9.59 Å². The van der Waals surface area contributed by atoms with Crippen LogP contribution < -0.4 is 21.3 Å². The molecule has 6 nitrogen and oxygen atoms in total. The molecule has 0 unspecified atom stereocenters. The maximum atomic E-state index is 12.0. The Labute approximate surface area is 143 Å². The third kappa shape index (κ3) is 6.88. The number of piperidine rings is 1. The highest BCUT2D eigenvalue weighted by Crippen LogP contribution is 2.19. The lowest BCUT2D eigenvalue weighted by Crippen LogP contribution is -2.28. The number of carbonyl (C=O) groups excluding carboxylic acids is 2. The molecule has 1 aromatic carbocycles. The van der Waals surface area contributed by atoms with Gasteiger partial charge in [0.05, 0.1) is 0 Å². The van der Waals surface area contributed by atoms with Crippen LogP contribution in [0.25, 0.3) is 0 Å². The number of amides is 3. The van der Waals surface area contributed by atoms with Crippen LogP contribution >= 0.6 is 12.4 Å². The van der Waals surface area contributed by atoms with E-state index in [2.05, 4.69) is 21.3 Å². The van der Waals surface area contributed by atoms with Crippen molar-refractivity contribution in [2.24, 2.45) is 5.92 Å². The number of anilines is 2. The minimum Gasteiger partial charge on any atom is -0.341 e. The average Bonchev–Trinajstić information content (AvgIpc) is 2.54. The minimum absolute atomic E-state index is 0. The van der Waals surface area contributed by atoms with Gasteiger partial charge >= 0.3 is 6.03 Å². The summed E-state index contributed by atoms with van der Waals surface area (Å²) in [7, 11) is 1.56. The van der Waals surface area contributed by atoms with Gasteiger partial charge in [0.2, 0.25) is 5.91 Å². The molecule has 1 heterocycles. The SMILES string of the molecule is CNC(=O)Nc1cccc(NC(=O)CCC2CCNCC2)c1.Cl. The van der Waals surface area contributed by atoms with Crippen LogP contribution in [0.15, 0.2) is 24.3 Å². The van der Waals surface area contributed by atoms with Gasteiger partial charge in [0, 0.05) is 24.8 Å². The molecule has 1 aliphatic heterocycles. The van der Waals surface area contributed by atoms with Crippen molar-refractivity contribution in [2.45, 2.75) is 25.7 Å². The lowest BCUT2D eigenvalue weighted by Gasteiger charge is -2.22. The van der Waals surface area contributed by atoms with Gasteiger partial charge < -0.3 is 21.3 Å². The molecule has 1 saturated heterocycles. The van der Waals surface area contributed by atoms with Crippen molar-refractivity contribution in [1.29, 1.82) is 0 Å². The summed E-state index contributed by atoms with van der Waals surface area (Å²) in [6, 6.07) is 6.86. The summed E-state index contributed by atoms with van der Waals surface area (Å²) < 4.78 is 0. The fourth-order valence-electron chi connectivity index (χ4n) is 2.60. The fourth-order valence-corrected chi connectivity index (χ4v) is 2.60. The molecule has 0 saturated carbocycles. The molecule has 2 rings (SSSR count). The summed E-state index contributed by atoms with van der Waals surface area (Å²) in [5.41, 5.74) is 1.35. The van der Waals surface area contributed by atoms with Crippen molar-refractivity contribution in [1.82, 2.24) is 10.6 Å². The molecule has 7 heteroatoms. The highest BCUT2D eigenvalue weighted by atomic mass is 35.5. The molecule has 3 amide bonds. The van der Waals surface area contributed by atoms with Gasteiger partial charge in [-0.2, -0.15) is 0 Å². The van der Waals surface area contributed by atoms with E-state index in [1.54, 1.807) is 25.2 Å². The van der Waals surface area contributed by atoms with E-state index in [0.717, 1.165) is 32.4 Å². The van der Waals surface area contributed by atoms with Crippen molar-refractivity contribution in [3.63, 3.8) is 0 Å². The molecule has 0 aliphatic carbocycles. The van der Waals surface area contributed by atoms with E-state index in [1.807, 2.05) is 6.07 Å². The van der Waals surface area contributed by atoms with Crippen LogP contribution in [0.3, 0.4) is 0 Å². The molecular formula is C16H25ClN4O2. The zero-order valence-electron chi connectivity index (χ0n) is 13.4. The molecule has 1 aliphatic rings. The summed E-state index contributed by atoms with van der Waals surface area (Å²) in [5, 5.41) is 11.4. The van der Waals surface area contributed by atoms with Crippen LogP contribution in [0.5, 0.6) is 0 Å². The van der Waals surface area contributed by atoms with Gasteiger partial charge in [-0.15, -0.1) is 12.4 Å². The third-order valence-electron chi connectivity index (χ3n) is 3.87. The molecule has 0 spiro atoms. The second-order valence-electron chi connectivity index (χ2n) is 5.57. The van der Waals surface area contributed by atoms with Crippen LogP contribution in [0, 0.1) is 5.92 Å². The third-order valence-corrected chi connectivity index (χ3v) is 3.87. The Kier molecular flexibility index (Phi) is 8.43. The van der Waals surface area contributed by atoms with Gasteiger partial charge in [0.25, 0.3) is 0 Å². The molecule has 0 aromatic heterocycles. The molecule has 0 radical (unpaired) electrons. The average molecular weight is 341 g/mol. The van der Waals surface area contributed by atoms with Crippen LogP contribution in [-0.2, 0) is 4.79 Å². The first-order valence-corrected chi connectivity index (χ1v) is 7.77. The van der Waals surface area contributed by atoms with Crippen LogP contribution in [0.1, 0.15) is 25.7 Å². The standard InChI is InChI=1S/C16H24N4O2.ClH/c1-17-16(22)20-14-4-2-3-13(11-14)19-15(21)6-5-12-7-9-18-10-8-12;/h2-4,11-12,18H,5-10H2,1H3,(H,19,21)(H2,17,20,22);1H. The van der Waals surface area contributed by atoms with Crippen molar-refractivity contribution < 1.29 is 9.59 Å². The lowest BCUT2D eigenvalue weighted by atomic mass is 9.93. The number of urea groups is 1. The van der Waals surface area contributed by atoms with Crippen molar-refractivity contribution in [3.8, 4) is 0 Å². The van der Waals surface area contributed by atoms with Crippen molar-refractivity contribution in [2.75, 3.05) is 30.8 Å². The zero-order valence-corrected chi connectivity index (χ0v) is 14.2. The summed E-state index contributed by atoms with van der Waals surface area (Å²) in [6.45, 7) is 2.11. The summed E-state index contributed by atoms with van der Waals surface area (Å²) in [5.74, 6) is 0.670. The molecule has 4 N–H and O–H groups in total. The predicted molar refractivity (Wildman–Crippen MR) is 95.2 cm³/mol. The van der Waals surface area contributed by atoms with Crippen molar-refractivity contribution >= 4 is 35.7 Å². The Bertz CT molecular complexity index is 519. The van der Waals surface area contributed by atoms with E-state index in [4.69, 9.17) is 0 Å². The molecule has 1 fully saturated rings. The second kappa shape index (κ2) is 10.1. The number of hydrogen-bond acceptors (Lipinski definition) is 3. The van der Waals surface area contributed by atoms with E-state index in [-0.39, 0.29) is 24.3 Å². The largest absolute Gasteiger partial charge is 0.341 e. The summed E-state index contributed by atoms with van der Waals surface area (Å²) in [4.78, 5) is 23.3. The molecule has 0 bridgehead atoms. The number of rotatable bonds is 5. The monoisotopic (exact) mass is 340 g/mol. The highest BCUT2D eigenvalue weighted by Gasteiger charge is 2.14. The second-order valence-corrected chi connectivity index (χ2v) is 5.57. The van der Waals surface area contributed by atoms with Gasteiger partial charge in [-0.3, -0.25) is 4.79 Å². The van der Waals surface area contributed by atoms with Crippen molar-refractivity contribution in [3.05, 3.63) is 24.3 Å². The first-order chi connectivity index (χ1) is 10.7. The Morgan fingerprint density at radius 2 is 1.83 bits per heavy atom. The van der Waals surface area contributed by atoms with Gasteiger partial charge in [-0.05, 0) is 56.5 Å². The summed E-state index contributed by atoms with van der Waals surface area (Å²) in [6.07, 6.45) is 3.78. The van der Waals surface area contributed by atoms with Crippen LogP contribution in [0.4, 0.5) is 16.2 Å². The first kappa shape index (κ1) is 19.3. The van der Waals surface area contributed by atoms with Crippen LogP contribution in [-0.4, -0.2) is 32.1 Å². The van der Waals surface area contributed by atoms with Gasteiger partial charge in [0.15, 0.2) is 0 Å². The van der Waals surface area contributed by atoms with Gasteiger partial charge in [-0.1, -0.05) is 6.07 Å². The number of halogens is 1. The summed E-state index contributed by atoms with van der Waals surface area (Å²) >= 11 is 0. The van der Waals surface area contributed by atoms with Gasteiger partial charge in [0.1, 0.15) is 0 Å². The first-order valence-electron chi connectivity index (χ1n) is 7.77. The Morgan fingerprint density at radius 3 is 2.48 bits per heavy atom. The topological polar surface area (TPSA) is 82.3 Å². The molecule has 128 valence electrons. The molecule has 0 atom stereocenters. The number of hydrogen-bond donors (Lipinski definition) is 4.